The van der Waals surface area contributed by atoms with E-state index >= 15 is 0 Å². The molecule has 1 heterocycles. The number of fused-ring (bicyclic) bond motifs is 3. The van der Waals surface area contributed by atoms with Crippen LogP contribution in [-0.2, 0) is 22.4 Å². The molecule has 0 unspecified atom stereocenters. The molecular weight excluding hydrogens is 400 g/mol. The highest BCUT2D eigenvalue weighted by atomic mass is 32.1. The molecule has 7 heteroatoms. The van der Waals surface area contributed by atoms with Crippen LogP contribution in [0.25, 0.3) is 0 Å². The topological polar surface area (TPSA) is 95.5 Å². The van der Waals surface area contributed by atoms with Gasteiger partial charge in [-0.05, 0) is 55.9 Å². The summed E-state index contributed by atoms with van der Waals surface area (Å²) in [6, 6.07) is 0.207. The smallest absolute Gasteiger partial charge is 0.307 e. The Morgan fingerprint density at radius 3 is 2.43 bits per heavy atom. The zero-order valence-corrected chi connectivity index (χ0v) is 17.8. The molecule has 2 saturated carbocycles. The first-order valence-electron chi connectivity index (χ1n) is 11.2. The average Bonchev–Trinajstić information content (AvgIpc) is 3.48. The van der Waals surface area contributed by atoms with Crippen molar-refractivity contribution in [1.82, 2.24) is 5.32 Å². The van der Waals surface area contributed by atoms with Crippen LogP contribution in [0, 0.1) is 23.7 Å². The van der Waals surface area contributed by atoms with Crippen LogP contribution >= 0.6 is 11.3 Å². The summed E-state index contributed by atoms with van der Waals surface area (Å²) in [4.78, 5) is 39.3. The zero-order chi connectivity index (χ0) is 20.8. The molecule has 1 aromatic rings. The Kier molecular flexibility index (Phi) is 5.17. The van der Waals surface area contributed by atoms with Gasteiger partial charge in [0.05, 0.1) is 17.4 Å². The third kappa shape index (κ3) is 3.37. The van der Waals surface area contributed by atoms with Crippen molar-refractivity contribution in [3.05, 3.63) is 28.2 Å². The molecule has 4 atom stereocenters. The van der Waals surface area contributed by atoms with E-state index in [0.29, 0.717) is 10.6 Å². The number of carboxylic acids is 1. The van der Waals surface area contributed by atoms with Gasteiger partial charge in [0.1, 0.15) is 5.00 Å². The number of hydrogen-bond donors (Lipinski definition) is 3. The number of amides is 2. The second-order valence-electron chi connectivity index (χ2n) is 9.20. The van der Waals surface area contributed by atoms with Crippen molar-refractivity contribution < 1.29 is 19.5 Å². The van der Waals surface area contributed by atoms with Crippen LogP contribution in [0.3, 0.4) is 0 Å². The first kappa shape index (κ1) is 19.8. The van der Waals surface area contributed by atoms with Gasteiger partial charge in [-0.15, -0.1) is 11.3 Å². The minimum Gasteiger partial charge on any atom is -0.481 e. The van der Waals surface area contributed by atoms with Crippen LogP contribution in [0.15, 0.2) is 12.2 Å². The van der Waals surface area contributed by atoms with Gasteiger partial charge in [-0.2, -0.15) is 0 Å². The fourth-order valence-electron chi connectivity index (χ4n) is 5.95. The summed E-state index contributed by atoms with van der Waals surface area (Å²) >= 11 is 1.50. The van der Waals surface area contributed by atoms with Crippen LogP contribution < -0.4 is 10.6 Å². The van der Waals surface area contributed by atoms with E-state index in [2.05, 4.69) is 10.6 Å². The van der Waals surface area contributed by atoms with Crippen LogP contribution in [0.1, 0.15) is 65.7 Å². The van der Waals surface area contributed by atoms with Gasteiger partial charge < -0.3 is 15.7 Å². The molecule has 6 nitrogen and oxygen atoms in total. The molecule has 0 saturated heterocycles. The summed E-state index contributed by atoms with van der Waals surface area (Å²) in [5.41, 5.74) is 1.70. The van der Waals surface area contributed by atoms with Gasteiger partial charge in [0, 0.05) is 10.9 Å². The SMILES string of the molecule is O=C(NC1CCCCC1)c1c(NC(=O)[C@@H]2[C@H](C(=O)O)[C@@H]3C=C[C@H]2C3)sc2c1CCC2. The first-order chi connectivity index (χ1) is 14.5. The molecule has 4 aliphatic carbocycles. The molecule has 0 aliphatic heterocycles. The minimum atomic E-state index is -0.907. The summed E-state index contributed by atoms with van der Waals surface area (Å²) in [5.74, 6) is -2.58. The number of aliphatic carboxylic acids is 1. The molecule has 3 N–H and O–H groups in total. The van der Waals surface area contributed by atoms with Crippen molar-refractivity contribution in [2.24, 2.45) is 23.7 Å². The van der Waals surface area contributed by atoms with E-state index in [1.54, 1.807) is 0 Å². The monoisotopic (exact) mass is 428 g/mol. The van der Waals surface area contributed by atoms with Gasteiger partial charge in [0.25, 0.3) is 5.91 Å². The number of anilines is 1. The number of aryl methyl sites for hydroxylation is 1. The van der Waals surface area contributed by atoms with E-state index in [4.69, 9.17) is 0 Å². The number of nitrogens with one attached hydrogen (secondary N) is 2. The largest absolute Gasteiger partial charge is 0.481 e. The third-order valence-corrected chi connectivity index (χ3v) is 8.58. The zero-order valence-electron chi connectivity index (χ0n) is 17.0. The molecule has 0 spiro atoms. The molecule has 2 bridgehead atoms. The molecule has 0 aromatic carbocycles. The fraction of sp³-hybridized carbons (Fsp3) is 0.609. The number of carbonyl (C=O) groups excluding carboxylic acids is 2. The lowest BCUT2D eigenvalue weighted by molar-refractivity contribution is -0.146. The van der Waals surface area contributed by atoms with Crippen molar-refractivity contribution in [2.75, 3.05) is 5.32 Å². The lowest BCUT2D eigenvalue weighted by Crippen LogP contribution is -2.38. The summed E-state index contributed by atoms with van der Waals surface area (Å²) in [6.07, 6.45) is 13.0. The van der Waals surface area contributed by atoms with Crippen LogP contribution in [-0.4, -0.2) is 28.9 Å². The van der Waals surface area contributed by atoms with Gasteiger partial charge in [0.2, 0.25) is 5.91 Å². The van der Waals surface area contributed by atoms with Crippen LogP contribution in [0.2, 0.25) is 0 Å². The summed E-state index contributed by atoms with van der Waals surface area (Å²) < 4.78 is 0. The Labute approximate surface area is 180 Å². The van der Waals surface area contributed by atoms with Crippen LogP contribution in [0.5, 0.6) is 0 Å². The van der Waals surface area contributed by atoms with E-state index in [1.165, 1.54) is 22.6 Å². The maximum Gasteiger partial charge on any atom is 0.307 e. The maximum atomic E-state index is 13.2. The van der Waals surface area contributed by atoms with E-state index in [0.717, 1.165) is 56.9 Å². The van der Waals surface area contributed by atoms with Crippen molar-refractivity contribution in [2.45, 2.75) is 63.8 Å². The van der Waals surface area contributed by atoms with Crippen molar-refractivity contribution in [3.63, 3.8) is 0 Å². The van der Waals surface area contributed by atoms with Gasteiger partial charge in [-0.1, -0.05) is 31.4 Å². The molecule has 2 fully saturated rings. The van der Waals surface area contributed by atoms with E-state index < -0.39 is 17.8 Å². The van der Waals surface area contributed by atoms with E-state index in [9.17, 15) is 19.5 Å². The number of carboxylic acid groups (broad SMARTS) is 1. The lowest BCUT2D eigenvalue weighted by atomic mass is 9.82. The Balaban J connectivity index is 1.38. The standard InChI is InChI=1S/C23H28N2O4S/c26-20(17-12-9-10-13(11-12)18(17)23(28)29)25-22-19(15-7-4-8-16(15)30-22)21(27)24-14-5-2-1-3-6-14/h9-10,12-14,17-18H,1-8,11H2,(H,24,27)(H,25,26)(H,28,29)/t12-,13+,17-,18+/m0/s1. The van der Waals surface area contributed by atoms with Gasteiger partial charge in [0.15, 0.2) is 0 Å². The Hall–Kier alpha value is -2.15. The highest BCUT2D eigenvalue weighted by molar-refractivity contribution is 7.17. The van der Waals surface area contributed by atoms with Gasteiger partial charge in [-0.3, -0.25) is 14.4 Å². The number of carbonyl (C=O) groups is 3. The quantitative estimate of drug-likeness (QED) is 0.622. The average molecular weight is 429 g/mol. The molecule has 0 radical (unpaired) electrons. The van der Waals surface area contributed by atoms with E-state index in [-0.39, 0.29) is 29.7 Å². The molecular formula is C23H28N2O4S. The predicted molar refractivity (Wildman–Crippen MR) is 115 cm³/mol. The van der Waals surface area contributed by atoms with Gasteiger partial charge >= 0.3 is 5.97 Å². The van der Waals surface area contributed by atoms with E-state index in [1.807, 2.05) is 12.2 Å². The molecule has 30 heavy (non-hydrogen) atoms. The molecule has 4 aliphatic rings. The second kappa shape index (κ2) is 7.84. The summed E-state index contributed by atoms with van der Waals surface area (Å²) in [5, 5.41) is 16.5. The number of allylic oxidation sites excluding steroid dienone is 2. The highest BCUT2D eigenvalue weighted by Gasteiger charge is 2.51. The number of thiophene rings is 1. The Bertz CT molecular complexity index is 915. The lowest BCUT2D eigenvalue weighted by Gasteiger charge is -2.24. The maximum absolute atomic E-state index is 13.2. The normalized spacial score (nSPS) is 29.7. The Morgan fingerprint density at radius 1 is 0.967 bits per heavy atom. The molecule has 160 valence electrons. The fourth-order valence-corrected chi connectivity index (χ4v) is 7.24. The number of rotatable bonds is 5. The highest BCUT2D eigenvalue weighted by Crippen LogP contribution is 2.49. The predicted octanol–water partition coefficient (Wildman–Crippen LogP) is 3.76. The second-order valence-corrected chi connectivity index (χ2v) is 10.3. The minimum absolute atomic E-state index is 0.0255. The Morgan fingerprint density at radius 2 is 1.70 bits per heavy atom. The van der Waals surface area contributed by atoms with Crippen molar-refractivity contribution in [1.29, 1.82) is 0 Å². The summed E-state index contributed by atoms with van der Waals surface area (Å²) in [6.45, 7) is 0. The van der Waals surface area contributed by atoms with Gasteiger partial charge in [-0.25, -0.2) is 0 Å². The van der Waals surface area contributed by atoms with Crippen molar-refractivity contribution >= 4 is 34.1 Å². The van der Waals surface area contributed by atoms with Crippen LogP contribution in [0.4, 0.5) is 5.00 Å². The molecule has 1 aromatic heterocycles. The first-order valence-corrected chi connectivity index (χ1v) is 12.0. The third-order valence-electron chi connectivity index (χ3n) is 7.37. The molecule has 2 amide bonds. The molecule has 5 rings (SSSR count). The number of hydrogen-bond acceptors (Lipinski definition) is 4. The summed E-state index contributed by atoms with van der Waals surface area (Å²) in [7, 11) is 0. The van der Waals surface area contributed by atoms with Crippen molar-refractivity contribution in [3.8, 4) is 0 Å².